The van der Waals surface area contributed by atoms with E-state index in [1.807, 2.05) is 6.07 Å². The Morgan fingerprint density at radius 1 is 1.28 bits per heavy atom. The van der Waals surface area contributed by atoms with E-state index in [1.165, 1.54) is 6.92 Å². The number of nitrogens with zero attached hydrogens (tertiary/aromatic N) is 1. The van der Waals surface area contributed by atoms with Crippen LogP contribution in [0.3, 0.4) is 0 Å². The first-order valence-corrected chi connectivity index (χ1v) is 5.64. The zero-order valence-electron chi connectivity index (χ0n) is 10.3. The first kappa shape index (κ1) is 12.3. The quantitative estimate of drug-likeness (QED) is 0.810. The average molecular weight is 246 g/mol. The Labute approximate surface area is 105 Å². The van der Waals surface area contributed by atoms with E-state index in [1.54, 1.807) is 31.2 Å². The van der Waals surface area contributed by atoms with Crippen LogP contribution in [-0.2, 0) is 15.1 Å². The van der Waals surface area contributed by atoms with Gasteiger partial charge in [-0.2, -0.15) is 0 Å². The third kappa shape index (κ3) is 1.88. The summed E-state index contributed by atoms with van der Waals surface area (Å²) in [5.74, 6) is -0.621. The van der Waals surface area contributed by atoms with Gasteiger partial charge in [-0.05, 0) is 19.4 Å². The Kier molecular flexibility index (Phi) is 2.90. The van der Waals surface area contributed by atoms with Gasteiger partial charge in [0, 0.05) is 0 Å². The van der Waals surface area contributed by atoms with E-state index in [9.17, 15) is 14.4 Å². The molecule has 1 aliphatic rings. The molecule has 2 rings (SSSR count). The lowest BCUT2D eigenvalue weighted by atomic mass is 9.92. The second-order valence-electron chi connectivity index (χ2n) is 4.51. The van der Waals surface area contributed by atoms with Crippen molar-refractivity contribution in [1.29, 1.82) is 0 Å². The summed E-state index contributed by atoms with van der Waals surface area (Å²) in [6, 6.07) is 8.45. The third-order valence-electron chi connectivity index (χ3n) is 3.01. The highest BCUT2D eigenvalue weighted by Crippen LogP contribution is 2.28. The minimum absolute atomic E-state index is 0.187. The fraction of sp³-hybridized carbons (Fsp3) is 0.308. The molecule has 1 aromatic rings. The topological polar surface area (TPSA) is 66.5 Å². The lowest BCUT2D eigenvalue weighted by Crippen LogP contribution is -2.41. The van der Waals surface area contributed by atoms with Crippen LogP contribution in [0.2, 0.25) is 0 Å². The van der Waals surface area contributed by atoms with Crippen LogP contribution in [0.15, 0.2) is 30.3 Å². The number of amides is 3. The lowest BCUT2D eigenvalue weighted by molar-refractivity contribution is -0.133. The van der Waals surface area contributed by atoms with Crippen LogP contribution in [0.4, 0.5) is 4.79 Å². The van der Waals surface area contributed by atoms with Gasteiger partial charge in [-0.15, -0.1) is 0 Å². The molecular formula is C13H14N2O3. The molecule has 1 fully saturated rings. The highest BCUT2D eigenvalue weighted by atomic mass is 16.2. The van der Waals surface area contributed by atoms with E-state index < -0.39 is 17.5 Å². The molecule has 5 heteroatoms. The number of imide groups is 1. The van der Waals surface area contributed by atoms with E-state index in [-0.39, 0.29) is 12.3 Å². The van der Waals surface area contributed by atoms with Gasteiger partial charge in [0.25, 0.3) is 5.91 Å². The van der Waals surface area contributed by atoms with Gasteiger partial charge in [0.15, 0.2) is 0 Å². The smallest absolute Gasteiger partial charge is 0.319 e. The molecule has 1 N–H and O–H groups in total. The molecule has 3 amide bonds. The minimum atomic E-state index is -1.09. The van der Waals surface area contributed by atoms with E-state index >= 15 is 0 Å². The van der Waals surface area contributed by atoms with Gasteiger partial charge >= 0.3 is 6.03 Å². The van der Waals surface area contributed by atoms with Crippen molar-refractivity contribution in [3.05, 3.63) is 35.9 Å². The lowest BCUT2D eigenvalue weighted by Gasteiger charge is -2.21. The van der Waals surface area contributed by atoms with Crippen LogP contribution in [0.1, 0.15) is 19.4 Å². The SMILES string of the molecule is CC(=O)CN1C(=O)N[C@](C)(c2ccccc2)C1=O. The number of rotatable bonds is 3. The standard InChI is InChI=1S/C13H14N2O3/c1-9(16)8-15-11(17)13(2,14-12(15)18)10-6-4-3-5-7-10/h3-7H,8H2,1-2H3,(H,14,18)/t13-/m1/s1. The van der Waals surface area contributed by atoms with Crippen molar-refractivity contribution in [3.63, 3.8) is 0 Å². The monoisotopic (exact) mass is 246 g/mol. The first-order valence-electron chi connectivity index (χ1n) is 5.64. The fourth-order valence-corrected chi connectivity index (χ4v) is 2.03. The van der Waals surface area contributed by atoms with Gasteiger partial charge in [0.2, 0.25) is 0 Å². The molecule has 0 aliphatic carbocycles. The number of carbonyl (C=O) groups is 3. The van der Waals surface area contributed by atoms with Gasteiger partial charge in [0.1, 0.15) is 11.3 Å². The summed E-state index contributed by atoms with van der Waals surface area (Å²) in [6.07, 6.45) is 0. The number of Topliss-reactive ketones (excluding diaryl/α,β-unsaturated/α-hetero) is 1. The van der Waals surface area contributed by atoms with Crippen molar-refractivity contribution in [2.75, 3.05) is 6.54 Å². The van der Waals surface area contributed by atoms with Crippen LogP contribution in [0, 0.1) is 0 Å². The summed E-state index contributed by atoms with van der Waals surface area (Å²) in [5, 5.41) is 2.64. The summed E-state index contributed by atoms with van der Waals surface area (Å²) >= 11 is 0. The number of benzene rings is 1. The largest absolute Gasteiger partial charge is 0.325 e. The second-order valence-corrected chi connectivity index (χ2v) is 4.51. The third-order valence-corrected chi connectivity index (χ3v) is 3.01. The Bertz CT molecular complexity index is 512. The van der Waals surface area contributed by atoms with Crippen molar-refractivity contribution in [2.45, 2.75) is 19.4 Å². The van der Waals surface area contributed by atoms with E-state index in [4.69, 9.17) is 0 Å². The van der Waals surface area contributed by atoms with Crippen molar-refractivity contribution in [2.24, 2.45) is 0 Å². The van der Waals surface area contributed by atoms with Gasteiger partial charge < -0.3 is 5.32 Å². The van der Waals surface area contributed by atoms with Crippen LogP contribution in [-0.4, -0.2) is 29.2 Å². The maximum atomic E-state index is 12.3. The molecule has 0 aromatic heterocycles. The fourth-order valence-electron chi connectivity index (χ4n) is 2.03. The molecule has 1 atom stereocenters. The van der Waals surface area contributed by atoms with E-state index in [0.717, 1.165) is 4.90 Å². The van der Waals surface area contributed by atoms with Crippen molar-refractivity contribution < 1.29 is 14.4 Å². The maximum absolute atomic E-state index is 12.3. The van der Waals surface area contributed by atoms with Crippen LogP contribution < -0.4 is 5.32 Å². The summed E-state index contributed by atoms with van der Waals surface area (Å²) < 4.78 is 0. The summed E-state index contributed by atoms with van der Waals surface area (Å²) in [7, 11) is 0. The zero-order chi connectivity index (χ0) is 13.3. The Balaban J connectivity index is 2.35. The van der Waals surface area contributed by atoms with Gasteiger partial charge in [0.05, 0.1) is 6.54 Å². The highest BCUT2D eigenvalue weighted by Gasteiger charge is 2.48. The molecule has 0 saturated carbocycles. The molecule has 0 radical (unpaired) electrons. The first-order chi connectivity index (χ1) is 8.45. The van der Waals surface area contributed by atoms with Crippen molar-refractivity contribution in [1.82, 2.24) is 10.2 Å². The van der Waals surface area contributed by atoms with Crippen molar-refractivity contribution >= 4 is 17.7 Å². The molecular weight excluding hydrogens is 232 g/mol. The Morgan fingerprint density at radius 2 is 1.89 bits per heavy atom. The minimum Gasteiger partial charge on any atom is -0.319 e. The number of nitrogens with one attached hydrogen (secondary N) is 1. The average Bonchev–Trinajstić information content (AvgIpc) is 2.55. The van der Waals surface area contributed by atoms with Gasteiger partial charge in [-0.1, -0.05) is 30.3 Å². The number of hydrogen-bond acceptors (Lipinski definition) is 3. The Morgan fingerprint density at radius 3 is 2.44 bits per heavy atom. The molecule has 5 nitrogen and oxygen atoms in total. The molecule has 1 aliphatic heterocycles. The van der Waals surface area contributed by atoms with E-state index in [0.29, 0.717) is 5.56 Å². The summed E-state index contributed by atoms with van der Waals surface area (Å²) in [6.45, 7) is 2.80. The van der Waals surface area contributed by atoms with Crippen LogP contribution >= 0.6 is 0 Å². The zero-order valence-corrected chi connectivity index (χ0v) is 10.3. The number of hydrogen-bond donors (Lipinski definition) is 1. The van der Waals surface area contributed by atoms with Gasteiger partial charge in [-0.25, -0.2) is 4.79 Å². The molecule has 1 saturated heterocycles. The van der Waals surface area contributed by atoms with Crippen LogP contribution in [0.5, 0.6) is 0 Å². The molecule has 0 bridgehead atoms. The normalized spacial score (nSPS) is 23.1. The van der Waals surface area contributed by atoms with Gasteiger partial charge in [-0.3, -0.25) is 14.5 Å². The molecule has 94 valence electrons. The van der Waals surface area contributed by atoms with Crippen molar-refractivity contribution in [3.8, 4) is 0 Å². The molecule has 1 aromatic carbocycles. The molecule has 18 heavy (non-hydrogen) atoms. The molecule has 0 spiro atoms. The maximum Gasteiger partial charge on any atom is 0.325 e. The second kappa shape index (κ2) is 4.25. The number of ketones is 1. The number of urea groups is 1. The predicted octanol–water partition coefficient (Wildman–Crippen LogP) is 1.04. The Hall–Kier alpha value is -2.17. The van der Waals surface area contributed by atoms with Crippen LogP contribution in [0.25, 0.3) is 0 Å². The highest BCUT2D eigenvalue weighted by molar-refractivity contribution is 6.09. The van der Waals surface area contributed by atoms with E-state index in [2.05, 4.69) is 5.32 Å². The molecule has 0 unspecified atom stereocenters. The predicted molar refractivity (Wildman–Crippen MR) is 64.7 cm³/mol. The number of carbonyl (C=O) groups excluding carboxylic acids is 3. The molecule has 1 heterocycles. The summed E-state index contributed by atoms with van der Waals surface area (Å²) in [4.78, 5) is 36.0. The summed E-state index contributed by atoms with van der Waals surface area (Å²) in [5.41, 5.74) is -0.386.